The molecule has 1 aromatic heterocycles. The molecule has 163 valence electrons. The van der Waals surface area contributed by atoms with Crippen LogP contribution in [0.25, 0.3) is 0 Å². The molecule has 3 rings (SSSR count). The number of amides is 2. The third-order valence-corrected chi connectivity index (χ3v) is 7.51. The van der Waals surface area contributed by atoms with Crippen LogP contribution in [0.2, 0.25) is 0 Å². The Balaban J connectivity index is 1.71. The first kappa shape index (κ1) is 22.4. The number of hydrogen-bond donors (Lipinski definition) is 2. The van der Waals surface area contributed by atoms with Crippen molar-refractivity contribution in [3.05, 3.63) is 30.8 Å². The molecule has 1 aromatic rings. The number of Topliss-reactive ketones (excluding diaryl/α,β-unsaturated/α-hetero) is 1. The van der Waals surface area contributed by atoms with Gasteiger partial charge in [0.25, 0.3) is 10.0 Å². The van der Waals surface area contributed by atoms with Crippen LogP contribution in [0.5, 0.6) is 0 Å². The molecule has 1 aliphatic carbocycles. The second-order valence-corrected chi connectivity index (χ2v) is 9.67. The molecule has 2 aliphatic rings. The van der Waals surface area contributed by atoms with Crippen LogP contribution in [0.15, 0.2) is 29.4 Å². The van der Waals surface area contributed by atoms with Crippen molar-refractivity contribution in [2.45, 2.75) is 62.1 Å². The van der Waals surface area contributed by atoms with E-state index in [4.69, 9.17) is 5.73 Å². The number of carbonyl (C=O) groups excluding carboxylic acids is 3. The standard InChI is InChI=1S/C20H27N4O5S/c21-20(27)16-10-9-15(23-18(26)11-8-14-5-1-2-6-14)17(25)13-24(16)30(28,29)19-7-3-4-12-22-19/h3-4,7,11-12,14-16H,1-2,5-6,8-10,13H2,(H2,21,27)(H,23,26)/t15-,16+/m0/s1. The Morgan fingerprint density at radius 2 is 1.93 bits per heavy atom. The Morgan fingerprint density at radius 1 is 1.20 bits per heavy atom. The van der Waals surface area contributed by atoms with Crippen LogP contribution in [0, 0.1) is 12.3 Å². The second-order valence-electron chi connectivity index (χ2n) is 7.83. The van der Waals surface area contributed by atoms with E-state index < -0.39 is 40.3 Å². The number of rotatable bonds is 7. The highest BCUT2D eigenvalue weighted by molar-refractivity contribution is 7.89. The number of aromatic nitrogens is 1. The van der Waals surface area contributed by atoms with Crippen molar-refractivity contribution in [2.24, 2.45) is 11.7 Å². The lowest BCUT2D eigenvalue weighted by Gasteiger charge is -2.25. The first-order chi connectivity index (χ1) is 14.3. The van der Waals surface area contributed by atoms with Gasteiger partial charge in [-0.15, -0.1) is 0 Å². The van der Waals surface area contributed by atoms with E-state index in [0.717, 1.165) is 17.1 Å². The van der Waals surface area contributed by atoms with E-state index in [9.17, 15) is 22.8 Å². The van der Waals surface area contributed by atoms with Crippen LogP contribution in [-0.4, -0.2) is 53.9 Å². The number of nitrogens with one attached hydrogen (secondary N) is 1. The zero-order chi connectivity index (χ0) is 21.7. The molecule has 1 radical (unpaired) electrons. The number of nitrogens with zero attached hydrogens (tertiary/aromatic N) is 2. The Morgan fingerprint density at radius 3 is 2.57 bits per heavy atom. The summed E-state index contributed by atoms with van der Waals surface area (Å²) in [6.45, 7) is -0.555. The van der Waals surface area contributed by atoms with Gasteiger partial charge in [-0.25, -0.2) is 13.4 Å². The van der Waals surface area contributed by atoms with Gasteiger partial charge in [0.2, 0.25) is 11.8 Å². The summed E-state index contributed by atoms with van der Waals surface area (Å²) in [7, 11) is -4.21. The highest BCUT2D eigenvalue weighted by Gasteiger charge is 2.41. The first-order valence-electron chi connectivity index (χ1n) is 10.2. The molecule has 0 unspecified atom stereocenters. The molecule has 1 aliphatic heterocycles. The van der Waals surface area contributed by atoms with Gasteiger partial charge in [0.15, 0.2) is 10.8 Å². The topological polar surface area (TPSA) is 140 Å². The summed E-state index contributed by atoms with van der Waals surface area (Å²) in [6, 6.07) is 2.29. The summed E-state index contributed by atoms with van der Waals surface area (Å²) in [4.78, 5) is 40.9. The van der Waals surface area contributed by atoms with E-state index in [1.807, 2.05) is 0 Å². The van der Waals surface area contributed by atoms with Crippen molar-refractivity contribution < 1.29 is 22.8 Å². The van der Waals surface area contributed by atoms with E-state index in [2.05, 4.69) is 10.3 Å². The predicted octanol–water partition coefficient (Wildman–Crippen LogP) is 0.558. The molecule has 0 spiro atoms. The van der Waals surface area contributed by atoms with Crippen molar-refractivity contribution in [1.29, 1.82) is 0 Å². The van der Waals surface area contributed by atoms with Crippen molar-refractivity contribution in [3.8, 4) is 0 Å². The molecule has 1 saturated heterocycles. The Bertz CT molecular complexity index is 884. The maximum Gasteiger partial charge on any atom is 0.261 e. The summed E-state index contributed by atoms with van der Waals surface area (Å²) in [6.07, 6.45) is 8.25. The van der Waals surface area contributed by atoms with Crippen molar-refractivity contribution >= 4 is 27.6 Å². The van der Waals surface area contributed by atoms with Gasteiger partial charge in [0.05, 0.1) is 12.6 Å². The van der Waals surface area contributed by atoms with Crippen LogP contribution in [0.3, 0.4) is 0 Å². The van der Waals surface area contributed by atoms with E-state index in [1.165, 1.54) is 31.2 Å². The van der Waals surface area contributed by atoms with Gasteiger partial charge in [0, 0.05) is 12.6 Å². The largest absolute Gasteiger partial charge is 0.368 e. The number of sulfonamides is 1. The third kappa shape index (κ3) is 5.23. The number of pyridine rings is 1. The highest BCUT2D eigenvalue weighted by atomic mass is 32.2. The third-order valence-electron chi connectivity index (χ3n) is 5.74. The average Bonchev–Trinajstić information content (AvgIpc) is 3.18. The number of nitrogens with two attached hydrogens (primary N) is 1. The van der Waals surface area contributed by atoms with Crippen LogP contribution >= 0.6 is 0 Å². The summed E-state index contributed by atoms with van der Waals surface area (Å²) in [5.74, 6) is -1.18. The summed E-state index contributed by atoms with van der Waals surface area (Å²) < 4.78 is 26.8. The molecule has 2 fully saturated rings. The Labute approximate surface area is 176 Å². The first-order valence-corrected chi connectivity index (χ1v) is 11.6. The van der Waals surface area contributed by atoms with E-state index in [-0.39, 0.29) is 23.8 Å². The fourth-order valence-electron chi connectivity index (χ4n) is 4.06. The Hall–Kier alpha value is -2.33. The molecule has 30 heavy (non-hydrogen) atoms. The molecular weight excluding hydrogens is 408 g/mol. The van der Waals surface area contributed by atoms with Crippen molar-refractivity contribution in [2.75, 3.05) is 6.54 Å². The van der Waals surface area contributed by atoms with Gasteiger partial charge in [-0.1, -0.05) is 31.7 Å². The van der Waals surface area contributed by atoms with Gasteiger partial charge in [-0.3, -0.25) is 14.4 Å². The molecule has 2 atom stereocenters. The molecule has 0 aromatic carbocycles. The molecule has 0 bridgehead atoms. The van der Waals surface area contributed by atoms with Gasteiger partial charge >= 0.3 is 0 Å². The molecule has 2 heterocycles. The quantitative estimate of drug-likeness (QED) is 0.641. The SMILES string of the molecule is NC(=O)[C@H]1CC[C@H](NC(=O)[CH]CC2CCCC2)C(=O)CN1S(=O)(=O)c1ccccn1. The van der Waals surface area contributed by atoms with E-state index in [1.54, 1.807) is 12.5 Å². The zero-order valence-corrected chi connectivity index (χ0v) is 17.5. The fourth-order valence-corrected chi connectivity index (χ4v) is 5.59. The van der Waals surface area contributed by atoms with Crippen molar-refractivity contribution in [1.82, 2.24) is 14.6 Å². The van der Waals surface area contributed by atoms with Gasteiger partial charge in [-0.2, -0.15) is 4.31 Å². The van der Waals surface area contributed by atoms with Gasteiger partial charge in [-0.05, 0) is 37.3 Å². The lowest BCUT2D eigenvalue weighted by Crippen LogP contribution is -2.49. The summed E-state index contributed by atoms with van der Waals surface area (Å²) >= 11 is 0. The van der Waals surface area contributed by atoms with E-state index in [0.29, 0.717) is 12.3 Å². The summed E-state index contributed by atoms with van der Waals surface area (Å²) in [5, 5.41) is 2.40. The smallest absolute Gasteiger partial charge is 0.261 e. The zero-order valence-electron chi connectivity index (χ0n) is 16.7. The van der Waals surface area contributed by atoms with Crippen LogP contribution < -0.4 is 11.1 Å². The molecule has 10 heteroatoms. The number of ketones is 1. The minimum atomic E-state index is -4.21. The molecule has 1 saturated carbocycles. The minimum absolute atomic E-state index is 0.0285. The molecule has 9 nitrogen and oxygen atoms in total. The number of primary amides is 1. The van der Waals surface area contributed by atoms with Crippen LogP contribution in [0.1, 0.15) is 44.9 Å². The molecular formula is C20H27N4O5S. The maximum atomic E-state index is 13.0. The minimum Gasteiger partial charge on any atom is -0.368 e. The molecule has 3 N–H and O–H groups in total. The normalized spacial score (nSPS) is 23.8. The average molecular weight is 436 g/mol. The highest BCUT2D eigenvalue weighted by Crippen LogP contribution is 2.28. The maximum absolute atomic E-state index is 13.0. The van der Waals surface area contributed by atoms with E-state index >= 15 is 0 Å². The summed E-state index contributed by atoms with van der Waals surface area (Å²) in [5.41, 5.74) is 5.44. The fraction of sp³-hybridized carbons (Fsp3) is 0.550. The van der Waals surface area contributed by atoms with Gasteiger partial charge in [0.1, 0.15) is 6.04 Å². The second kappa shape index (κ2) is 9.65. The van der Waals surface area contributed by atoms with Crippen LogP contribution in [0.4, 0.5) is 0 Å². The number of carbonyl (C=O) groups is 3. The monoisotopic (exact) mass is 435 g/mol. The van der Waals surface area contributed by atoms with Crippen molar-refractivity contribution in [3.63, 3.8) is 0 Å². The predicted molar refractivity (Wildman–Crippen MR) is 108 cm³/mol. The Kier molecular flexibility index (Phi) is 7.19. The lowest BCUT2D eigenvalue weighted by atomic mass is 10.0. The van der Waals surface area contributed by atoms with Gasteiger partial charge < -0.3 is 11.1 Å². The van der Waals surface area contributed by atoms with Crippen LogP contribution in [-0.2, 0) is 24.4 Å². The lowest BCUT2D eigenvalue weighted by molar-refractivity contribution is -0.126. The molecule has 2 amide bonds. The number of hydrogen-bond acceptors (Lipinski definition) is 6.